The van der Waals surface area contributed by atoms with Crippen molar-refractivity contribution >= 4 is 5.82 Å². The molecule has 2 saturated heterocycles. The van der Waals surface area contributed by atoms with Gasteiger partial charge in [-0.1, -0.05) is 17.3 Å². The van der Waals surface area contributed by atoms with E-state index in [4.69, 9.17) is 24.0 Å². The number of rotatable bonds is 10. The minimum absolute atomic E-state index is 0.00588. The fourth-order valence-electron chi connectivity index (χ4n) is 5.11. The van der Waals surface area contributed by atoms with Gasteiger partial charge in [0.15, 0.2) is 11.6 Å². The van der Waals surface area contributed by atoms with Gasteiger partial charge in [-0.2, -0.15) is 4.98 Å². The number of anilines is 1. The molecular weight excluding hydrogens is 472 g/mol. The van der Waals surface area contributed by atoms with Crippen LogP contribution in [0.1, 0.15) is 48.3 Å². The van der Waals surface area contributed by atoms with Crippen LogP contribution >= 0.6 is 0 Å². The molecule has 198 valence electrons. The molecule has 10 nitrogen and oxygen atoms in total. The van der Waals surface area contributed by atoms with E-state index in [0.717, 1.165) is 68.1 Å². The predicted molar refractivity (Wildman–Crippen MR) is 139 cm³/mol. The second-order valence-electron chi connectivity index (χ2n) is 9.96. The molecule has 3 atom stereocenters. The van der Waals surface area contributed by atoms with Crippen molar-refractivity contribution in [1.82, 2.24) is 25.4 Å². The highest BCUT2D eigenvalue weighted by Crippen LogP contribution is 2.38. The zero-order valence-corrected chi connectivity index (χ0v) is 21.8. The summed E-state index contributed by atoms with van der Waals surface area (Å²) in [5.41, 5.74) is 3.00. The van der Waals surface area contributed by atoms with Crippen molar-refractivity contribution in [1.29, 1.82) is 0 Å². The van der Waals surface area contributed by atoms with Crippen LogP contribution in [0.4, 0.5) is 5.82 Å². The van der Waals surface area contributed by atoms with Gasteiger partial charge in [-0.25, -0.2) is 9.97 Å². The molecule has 0 amide bonds. The molecule has 2 unspecified atom stereocenters. The summed E-state index contributed by atoms with van der Waals surface area (Å²) in [6.45, 7) is 7.06. The predicted octanol–water partition coefficient (Wildman–Crippen LogP) is 3.02. The van der Waals surface area contributed by atoms with Crippen molar-refractivity contribution in [3.05, 3.63) is 47.2 Å². The molecule has 0 bridgehead atoms. The topological polar surface area (TPSA) is 119 Å². The highest BCUT2D eigenvalue weighted by atomic mass is 16.5. The van der Waals surface area contributed by atoms with Gasteiger partial charge in [0.2, 0.25) is 5.89 Å². The number of nitrogens with zero attached hydrogens (tertiary/aromatic N) is 5. The first-order chi connectivity index (χ1) is 18.0. The minimum atomic E-state index is -0.587. The van der Waals surface area contributed by atoms with Gasteiger partial charge >= 0.3 is 0 Å². The summed E-state index contributed by atoms with van der Waals surface area (Å²) < 4.78 is 17.1. The third kappa shape index (κ3) is 5.92. The summed E-state index contributed by atoms with van der Waals surface area (Å²) in [5, 5.41) is 17.0. The highest BCUT2D eigenvalue weighted by molar-refractivity contribution is 5.62. The molecule has 10 heteroatoms. The van der Waals surface area contributed by atoms with Crippen LogP contribution in [0.3, 0.4) is 0 Å². The molecule has 1 aromatic carbocycles. The number of aryl methyl sites for hydroxylation is 1. The third-order valence-electron chi connectivity index (χ3n) is 7.05. The Hall–Kier alpha value is -3.08. The lowest BCUT2D eigenvalue weighted by Crippen LogP contribution is -2.29. The highest BCUT2D eigenvalue weighted by Gasteiger charge is 2.33. The van der Waals surface area contributed by atoms with Crippen molar-refractivity contribution in [2.24, 2.45) is 5.92 Å². The van der Waals surface area contributed by atoms with E-state index in [2.05, 4.69) is 27.3 Å². The quantitative estimate of drug-likeness (QED) is 0.423. The van der Waals surface area contributed by atoms with E-state index in [1.807, 2.05) is 31.2 Å². The number of aromatic nitrogens is 4. The second kappa shape index (κ2) is 11.5. The monoisotopic (exact) mass is 508 g/mol. The summed E-state index contributed by atoms with van der Waals surface area (Å²) in [6, 6.07) is 7.74. The molecule has 2 aliphatic rings. The first-order valence-corrected chi connectivity index (χ1v) is 13.1. The molecule has 2 aliphatic heterocycles. The van der Waals surface area contributed by atoms with Gasteiger partial charge < -0.3 is 29.3 Å². The number of ether oxygens (including phenoxy) is 2. The van der Waals surface area contributed by atoms with Gasteiger partial charge in [-0.05, 0) is 64.6 Å². The molecule has 0 spiro atoms. The van der Waals surface area contributed by atoms with Crippen LogP contribution in [0.2, 0.25) is 0 Å². The molecule has 3 aromatic rings. The lowest BCUT2D eigenvalue weighted by atomic mass is 9.99. The van der Waals surface area contributed by atoms with E-state index in [9.17, 15) is 5.11 Å². The van der Waals surface area contributed by atoms with Crippen molar-refractivity contribution in [3.8, 4) is 17.1 Å². The fraction of sp³-hybridized carbons (Fsp3) is 0.556. The normalized spacial score (nSPS) is 20.5. The van der Waals surface area contributed by atoms with Crippen molar-refractivity contribution in [3.63, 3.8) is 0 Å². The first-order valence-electron chi connectivity index (χ1n) is 13.1. The minimum Gasteiger partial charge on any atom is -0.491 e. The summed E-state index contributed by atoms with van der Waals surface area (Å²) in [7, 11) is 1.80. The average Bonchev–Trinajstić information content (AvgIpc) is 3.67. The zero-order valence-electron chi connectivity index (χ0n) is 21.8. The van der Waals surface area contributed by atoms with Crippen LogP contribution in [-0.4, -0.2) is 71.3 Å². The number of aliphatic hydroxyl groups excluding tert-OH is 1. The first kappa shape index (κ1) is 25.6. The summed E-state index contributed by atoms with van der Waals surface area (Å²) in [6.07, 6.45) is 3.26. The average molecular weight is 509 g/mol. The standard InChI is InChI=1S/C27H36N6O4/c1-17-23(12-19-9-11-35-15-19)30-25(20-6-4-7-22(13-20)36-16-21(34)14-28-3)31-26(17)33-10-5-8-24(33)27-29-18(2)32-37-27/h4,6-7,13,19,21,24,28,34H,5,8-12,14-16H2,1-3H3/t19-,21?,24?/m0/s1. The van der Waals surface area contributed by atoms with Crippen LogP contribution in [0.5, 0.6) is 5.75 Å². The Kier molecular flexibility index (Phi) is 7.97. The Morgan fingerprint density at radius 2 is 2.11 bits per heavy atom. The van der Waals surface area contributed by atoms with Gasteiger partial charge in [-0.15, -0.1) is 0 Å². The number of nitrogens with one attached hydrogen (secondary N) is 1. The molecule has 0 saturated carbocycles. The summed E-state index contributed by atoms with van der Waals surface area (Å²) in [4.78, 5) is 16.9. The number of hydrogen-bond donors (Lipinski definition) is 2. The molecule has 4 heterocycles. The number of benzene rings is 1. The molecular formula is C27H36N6O4. The van der Waals surface area contributed by atoms with Crippen molar-refractivity contribution in [2.75, 3.05) is 44.9 Å². The summed E-state index contributed by atoms with van der Waals surface area (Å²) in [5.74, 6) is 3.96. The molecule has 2 fully saturated rings. The van der Waals surface area contributed by atoms with Crippen molar-refractivity contribution in [2.45, 2.75) is 51.7 Å². The Labute approximate surface area is 217 Å². The maximum atomic E-state index is 10.0. The Bertz CT molecular complexity index is 1200. The van der Waals surface area contributed by atoms with Gasteiger partial charge in [0.05, 0.1) is 0 Å². The van der Waals surface area contributed by atoms with Crippen LogP contribution < -0.4 is 15.0 Å². The largest absolute Gasteiger partial charge is 0.491 e. The van der Waals surface area contributed by atoms with Gasteiger partial charge in [0.25, 0.3) is 0 Å². The smallest absolute Gasteiger partial charge is 0.249 e. The molecule has 0 radical (unpaired) electrons. The van der Waals surface area contributed by atoms with Gasteiger partial charge in [0.1, 0.15) is 30.3 Å². The maximum Gasteiger partial charge on any atom is 0.249 e. The third-order valence-corrected chi connectivity index (χ3v) is 7.05. The van der Waals surface area contributed by atoms with E-state index < -0.39 is 6.10 Å². The zero-order chi connectivity index (χ0) is 25.8. The summed E-state index contributed by atoms with van der Waals surface area (Å²) >= 11 is 0. The lowest BCUT2D eigenvalue weighted by Gasteiger charge is -2.26. The molecule has 2 N–H and O–H groups in total. The van der Waals surface area contributed by atoms with Crippen LogP contribution in [0.15, 0.2) is 28.8 Å². The number of aliphatic hydroxyl groups is 1. The Balaban J connectivity index is 1.49. The van der Waals surface area contributed by atoms with Crippen molar-refractivity contribution < 1.29 is 19.1 Å². The van der Waals surface area contributed by atoms with E-state index in [-0.39, 0.29) is 12.6 Å². The fourth-order valence-corrected chi connectivity index (χ4v) is 5.11. The molecule has 2 aromatic heterocycles. The Morgan fingerprint density at radius 1 is 1.22 bits per heavy atom. The van der Waals surface area contributed by atoms with E-state index in [1.165, 1.54) is 0 Å². The molecule has 5 rings (SSSR count). The SMILES string of the molecule is CNCC(O)COc1cccc(-c2nc(C[C@@H]3CCOC3)c(C)c(N3CCCC3c3nc(C)no3)n2)c1. The Morgan fingerprint density at radius 3 is 2.86 bits per heavy atom. The second-order valence-corrected chi connectivity index (χ2v) is 9.96. The molecule has 0 aliphatic carbocycles. The lowest BCUT2D eigenvalue weighted by molar-refractivity contribution is 0.108. The van der Waals surface area contributed by atoms with Gasteiger partial charge in [0, 0.05) is 43.1 Å². The van der Waals surface area contributed by atoms with Crippen LogP contribution in [0, 0.1) is 19.8 Å². The number of likely N-dealkylation sites (N-methyl/N-ethyl adjacent to an activating group) is 1. The number of hydrogen-bond acceptors (Lipinski definition) is 10. The van der Waals surface area contributed by atoms with Crippen LogP contribution in [0.25, 0.3) is 11.4 Å². The van der Waals surface area contributed by atoms with Gasteiger partial charge in [-0.3, -0.25) is 0 Å². The van der Waals surface area contributed by atoms with E-state index >= 15 is 0 Å². The van der Waals surface area contributed by atoms with E-state index in [0.29, 0.717) is 35.8 Å². The maximum absolute atomic E-state index is 10.0. The molecule has 37 heavy (non-hydrogen) atoms. The van der Waals surface area contributed by atoms with Crippen LogP contribution in [-0.2, 0) is 11.2 Å². The van der Waals surface area contributed by atoms with E-state index in [1.54, 1.807) is 7.05 Å².